The Balaban J connectivity index is 1.34. The molecule has 2 nitrogen and oxygen atoms in total. The van der Waals surface area contributed by atoms with E-state index in [0.717, 1.165) is 67.5 Å². The molecule has 0 bridgehead atoms. The molecule has 48 heavy (non-hydrogen) atoms. The maximum Gasteiger partial charge on any atom is 0.0464 e. The van der Waals surface area contributed by atoms with Crippen LogP contribution in [0.1, 0.15) is 33.4 Å². The predicted octanol–water partition coefficient (Wildman–Crippen LogP) is 13.5. The van der Waals surface area contributed by atoms with Crippen LogP contribution >= 0.6 is 0 Å². The minimum Gasteiger partial charge on any atom is -0.310 e. The Labute approximate surface area is 285 Å². The molecular weight excluding hydrogens is 581 g/mol. The van der Waals surface area contributed by atoms with E-state index < -0.39 is 0 Å². The highest BCUT2D eigenvalue weighted by atomic mass is 15.1. The molecule has 2 heteroatoms. The summed E-state index contributed by atoms with van der Waals surface area (Å²) in [5.41, 5.74) is 15.6. The third kappa shape index (κ3) is 6.56. The molecule has 6 rings (SSSR count). The molecule has 0 aliphatic rings. The van der Waals surface area contributed by atoms with Crippen LogP contribution in [-0.4, -0.2) is 0 Å². The van der Waals surface area contributed by atoms with Gasteiger partial charge in [0.25, 0.3) is 0 Å². The first kappa shape index (κ1) is 31.8. The van der Waals surface area contributed by atoms with Crippen molar-refractivity contribution in [1.82, 2.24) is 0 Å². The standard InChI is InChI=1S/C46H40N2/c1-7-35-11-21-41(22-12-35)47(45-29-15-37(9-3)33(5)31-45)43-25-17-39(18-26-43)40-19-27-44(28-20-40)48(42-23-13-36(8-2)14-24-42)46-30-16-38(10-4)34(6)32-46/h7-32H,1-4H2,5-6H3. The Hall–Kier alpha value is -6.12. The Kier molecular flexibility index (Phi) is 9.36. The van der Waals surface area contributed by atoms with Crippen molar-refractivity contribution < 1.29 is 0 Å². The number of hydrogen-bond donors (Lipinski definition) is 0. The van der Waals surface area contributed by atoms with Crippen LogP contribution in [0.3, 0.4) is 0 Å². The fourth-order valence-electron chi connectivity index (χ4n) is 6.08. The fraction of sp³-hybridized carbons (Fsp3) is 0.0435. The summed E-state index contributed by atoms with van der Waals surface area (Å²) in [4.78, 5) is 4.57. The lowest BCUT2D eigenvalue weighted by Gasteiger charge is -2.27. The number of nitrogens with zero attached hydrogens (tertiary/aromatic N) is 2. The van der Waals surface area contributed by atoms with Gasteiger partial charge in [-0.2, -0.15) is 0 Å². The van der Waals surface area contributed by atoms with Crippen molar-refractivity contribution in [2.24, 2.45) is 0 Å². The fourth-order valence-corrected chi connectivity index (χ4v) is 6.08. The van der Waals surface area contributed by atoms with Gasteiger partial charge in [0.1, 0.15) is 0 Å². The van der Waals surface area contributed by atoms with Gasteiger partial charge < -0.3 is 9.80 Å². The quantitative estimate of drug-likeness (QED) is 0.142. The summed E-state index contributed by atoms with van der Waals surface area (Å²) in [6, 6.07) is 47.5. The molecule has 0 radical (unpaired) electrons. The number of hydrogen-bond acceptors (Lipinski definition) is 2. The number of anilines is 6. The second kappa shape index (κ2) is 14.1. The Morgan fingerprint density at radius 1 is 0.354 bits per heavy atom. The van der Waals surface area contributed by atoms with Gasteiger partial charge in [-0.15, -0.1) is 0 Å². The molecule has 6 aromatic carbocycles. The van der Waals surface area contributed by atoms with Crippen LogP contribution in [0.4, 0.5) is 34.1 Å². The first-order valence-electron chi connectivity index (χ1n) is 16.1. The molecule has 0 saturated heterocycles. The van der Waals surface area contributed by atoms with Crippen LogP contribution in [0.5, 0.6) is 0 Å². The van der Waals surface area contributed by atoms with Crippen LogP contribution in [0, 0.1) is 13.8 Å². The second-order valence-electron chi connectivity index (χ2n) is 11.8. The zero-order valence-corrected chi connectivity index (χ0v) is 27.7. The van der Waals surface area contributed by atoms with E-state index in [0.29, 0.717) is 0 Å². The maximum absolute atomic E-state index is 3.97. The molecule has 0 aliphatic heterocycles. The molecule has 0 fully saturated rings. The normalized spacial score (nSPS) is 10.6. The average Bonchev–Trinajstić information content (AvgIpc) is 3.13. The lowest BCUT2D eigenvalue weighted by Crippen LogP contribution is -2.10. The SMILES string of the molecule is C=Cc1ccc(N(c2ccc(-c3ccc(N(c4ccc(C=C)cc4)c4ccc(C=C)c(C)c4)cc3)cc2)c2ccc(C=C)c(C)c2)cc1. The van der Waals surface area contributed by atoms with Gasteiger partial charge >= 0.3 is 0 Å². The summed E-state index contributed by atoms with van der Waals surface area (Å²) < 4.78 is 0. The van der Waals surface area contributed by atoms with E-state index in [1.807, 2.05) is 24.3 Å². The zero-order chi connectivity index (χ0) is 33.6. The molecule has 0 N–H and O–H groups in total. The van der Waals surface area contributed by atoms with Gasteiger partial charge in [-0.3, -0.25) is 0 Å². The van der Waals surface area contributed by atoms with Crippen LogP contribution < -0.4 is 9.80 Å². The van der Waals surface area contributed by atoms with E-state index in [1.165, 1.54) is 11.1 Å². The van der Waals surface area contributed by atoms with E-state index in [4.69, 9.17) is 0 Å². The van der Waals surface area contributed by atoms with Crippen molar-refractivity contribution >= 4 is 58.4 Å². The summed E-state index contributed by atoms with van der Waals surface area (Å²) >= 11 is 0. The van der Waals surface area contributed by atoms with E-state index in [1.54, 1.807) is 0 Å². The highest BCUT2D eigenvalue weighted by Crippen LogP contribution is 2.39. The van der Waals surface area contributed by atoms with Gasteiger partial charge in [-0.05, 0) is 131 Å². The molecule has 0 unspecified atom stereocenters. The van der Waals surface area contributed by atoms with E-state index >= 15 is 0 Å². The number of rotatable bonds is 11. The van der Waals surface area contributed by atoms with E-state index in [9.17, 15) is 0 Å². The minimum atomic E-state index is 1.08. The highest BCUT2D eigenvalue weighted by Gasteiger charge is 2.16. The van der Waals surface area contributed by atoms with Gasteiger partial charge in [0, 0.05) is 34.1 Å². The van der Waals surface area contributed by atoms with Crippen molar-refractivity contribution in [2.45, 2.75) is 13.8 Å². The van der Waals surface area contributed by atoms with Crippen molar-refractivity contribution in [2.75, 3.05) is 9.80 Å². The van der Waals surface area contributed by atoms with Crippen LogP contribution in [0.2, 0.25) is 0 Å². The van der Waals surface area contributed by atoms with Crippen LogP contribution in [0.25, 0.3) is 35.4 Å². The topological polar surface area (TPSA) is 6.48 Å². The molecule has 234 valence electrons. The largest absolute Gasteiger partial charge is 0.310 e. The van der Waals surface area contributed by atoms with E-state index in [2.05, 4.69) is 183 Å². The molecule has 0 spiro atoms. The Bertz CT molecular complexity index is 1930. The summed E-state index contributed by atoms with van der Waals surface area (Å²) in [5, 5.41) is 0. The molecule has 0 amide bonds. The summed E-state index contributed by atoms with van der Waals surface area (Å²) in [5.74, 6) is 0. The van der Waals surface area contributed by atoms with Crippen molar-refractivity contribution in [3.05, 3.63) is 193 Å². The summed E-state index contributed by atoms with van der Waals surface area (Å²) in [6.45, 7) is 20.0. The maximum atomic E-state index is 3.97. The van der Waals surface area contributed by atoms with Crippen LogP contribution in [-0.2, 0) is 0 Å². The minimum absolute atomic E-state index is 1.08. The summed E-state index contributed by atoms with van der Waals surface area (Å²) in [7, 11) is 0. The monoisotopic (exact) mass is 620 g/mol. The average molecular weight is 621 g/mol. The molecule has 6 aromatic rings. The van der Waals surface area contributed by atoms with Crippen molar-refractivity contribution in [3.8, 4) is 11.1 Å². The second-order valence-corrected chi connectivity index (χ2v) is 11.8. The smallest absolute Gasteiger partial charge is 0.0464 e. The number of benzene rings is 6. The van der Waals surface area contributed by atoms with Crippen molar-refractivity contribution in [1.29, 1.82) is 0 Å². The summed E-state index contributed by atoms with van der Waals surface area (Å²) in [6.07, 6.45) is 7.54. The van der Waals surface area contributed by atoms with E-state index in [-0.39, 0.29) is 0 Å². The highest BCUT2D eigenvalue weighted by molar-refractivity contribution is 5.82. The number of aryl methyl sites for hydroxylation is 2. The van der Waals surface area contributed by atoms with Gasteiger partial charge in [-0.1, -0.05) is 111 Å². The first-order chi connectivity index (χ1) is 23.4. The first-order valence-corrected chi connectivity index (χ1v) is 16.1. The van der Waals surface area contributed by atoms with Crippen molar-refractivity contribution in [3.63, 3.8) is 0 Å². The van der Waals surface area contributed by atoms with Crippen LogP contribution in [0.15, 0.2) is 160 Å². The molecular formula is C46H40N2. The van der Waals surface area contributed by atoms with Gasteiger partial charge in [0.05, 0.1) is 0 Å². The molecule has 0 atom stereocenters. The molecule has 0 aliphatic carbocycles. The third-order valence-corrected chi connectivity index (χ3v) is 8.82. The zero-order valence-electron chi connectivity index (χ0n) is 27.7. The van der Waals surface area contributed by atoms with Gasteiger partial charge in [0.15, 0.2) is 0 Å². The Morgan fingerprint density at radius 2 is 0.646 bits per heavy atom. The lowest BCUT2D eigenvalue weighted by atomic mass is 10.0. The predicted molar refractivity (Wildman–Crippen MR) is 211 cm³/mol. The van der Waals surface area contributed by atoms with Gasteiger partial charge in [0.2, 0.25) is 0 Å². The lowest BCUT2D eigenvalue weighted by molar-refractivity contribution is 1.26. The molecule has 0 aromatic heterocycles. The third-order valence-electron chi connectivity index (χ3n) is 8.82. The molecule has 0 saturated carbocycles. The van der Waals surface area contributed by atoms with Gasteiger partial charge in [-0.25, -0.2) is 0 Å². The molecule has 0 heterocycles. The Morgan fingerprint density at radius 3 is 0.917 bits per heavy atom.